The van der Waals surface area contributed by atoms with E-state index in [4.69, 9.17) is 17.3 Å². The second-order valence-corrected chi connectivity index (χ2v) is 4.92. The van der Waals surface area contributed by atoms with Crippen molar-refractivity contribution in [1.82, 2.24) is 0 Å². The fourth-order valence-electron chi connectivity index (χ4n) is 1.94. The highest BCUT2D eigenvalue weighted by atomic mass is 35.5. The average Bonchev–Trinajstić information content (AvgIpc) is 2.35. The van der Waals surface area contributed by atoms with Gasteiger partial charge in [0.05, 0.1) is 6.04 Å². The Bertz CT molecular complexity index is 581. The van der Waals surface area contributed by atoms with E-state index in [1.807, 2.05) is 26.0 Å². The van der Waals surface area contributed by atoms with Gasteiger partial charge in [-0.15, -0.1) is 0 Å². The van der Waals surface area contributed by atoms with Crippen molar-refractivity contribution in [3.8, 4) is 0 Å². The molecule has 0 aliphatic rings. The Kier molecular flexibility index (Phi) is 3.69. The van der Waals surface area contributed by atoms with Crippen LogP contribution in [0.1, 0.15) is 28.3 Å². The standard InChI is InChI=1S/C15H15ClFN/c1-9-3-6-14(17)12(7-9)15(18)11-4-5-13(16)10(2)8-11/h3-8,15H,18H2,1-2H3. The molecule has 0 saturated heterocycles. The summed E-state index contributed by atoms with van der Waals surface area (Å²) in [6, 6.07) is 10.0. The summed E-state index contributed by atoms with van der Waals surface area (Å²) in [6.45, 7) is 3.83. The highest BCUT2D eigenvalue weighted by Gasteiger charge is 2.14. The molecule has 2 N–H and O–H groups in total. The Balaban J connectivity index is 2.44. The van der Waals surface area contributed by atoms with Gasteiger partial charge in [-0.1, -0.05) is 41.4 Å². The van der Waals surface area contributed by atoms with Crippen LogP contribution in [-0.2, 0) is 0 Å². The van der Waals surface area contributed by atoms with Gasteiger partial charge in [-0.3, -0.25) is 0 Å². The van der Waals surface area contributed by atoms with Crippen molar-refractivity contribution >= 4 is 11.6 Å². The van der Waals surface area contributed by atoms with Crippen LogP contribution in [0.4, 0.5) is 4.39 Å². The summed E-state index contributed by atoms with van der Waals surface area (Å²) in [7, 11) is 0. The maximum absolute atomic E-state index is 13.8. The van der Waals surface area contributed by atoms with E-state index in [0.717, 1.165) is 16.7 Å². The Morgan fingerprint density at radius 3 is 2.50 bits per heavy atom. The van der Waals surface area contributed by atoms with E-state index in [2.05, 4.69) is 0 Å². The van der Waals surface area contributed by atoms with Crippen molar-refractivity contribution in [3.05, 3.63) is 69.5 Å². The third-order valence-corrected chi connectivity index (χ3v) is 3.45. The van der Waals surface area contributed by atoms with Gasteiger partial charge in [0.15, 0.2) is 0 Å². The first-order valence-electron chi connectivity index (χ1n) is 5.76. The zero-order valence-corrected chi connectivity index (χ0v) is 11.1. The predicted octanol–water partition coefficient (Wildman–Crippen LogP) is 4.14. The molecular formula is C15H15ClFN. The van der Waals surface area contributed by atoms with E-state index >= 15 is 0 Å². The van der Waals surface area contributed by atoms with Gasteiger partial charge in [-0.05, 0) is 37.1 Å². The summed E-state index contributed by atoms with van der Waals surface area (Å²) >= 11 is 5.97. The Morgan fingerprint density at radius 2 is 1.83 bits per heavy atom. The molecule has 0 heterocycles. The summed E-state index contributed by atoms with van der Waals surface area (Å²) in [5.41, 5.74) is 9.43. The van der Waals surface area contributed by atoms with Crippen LogP contribution in [0.2, 0.25) is 5.02 Å². The van der Waals surface area contributed by atoms with Crippen LogP contribution in [0, 0.1) is 19.7 Å². The number of halogens is 2. The van der Waals surface area contributed by atoms with E-state index in [0.29, 0.717) is 10.6 Å². The fourth-order valence-corrected chi connectivity index (χ4v) is 2.06. The molecular weight excluding hydrogens is 249 g/mol. The van der Waals surface area contributed by atoms with Crippen LogP contribution < -0.4 is 5.73 Å². The third kappa shape index (κ3) is 2.55. The van der Waals surface area contributed by atoms with Gasteiger partial charge in [-0.2, -0.15) is 0 Å². The van der Waals surface area contributed by atoms with E-state index < -0.39 is 6.04 Å². The van der Waals surface area contributed by atoms with Gasteiger partial charge < -0.3 is 5.73 Å². The van der Waals surface area contributed by atoms with E-state index in [9.17, 15) is 4.39 Å². The molecule has 0 radical (unpaired) electrons. The lowest BCUT2D eigenvalue weighted by Gasteiger charge is -2.15. The van der Waals surface area contributed by atoms with E-state index in [-0.39, 0.29) is 5.82 Å². The lowest BCUT2D eigenvalue weighted by Crippen LogP contribution is -2.14. The van der Waals surface area contributed by atoms with Crippen molar-refractivity contribution in [2.24, 2.45) is 5.73 Å². The molecule has 2 aromatic carbocycles. The zero-order chi connectivity index (χ0) is 13.3. The molecule has 0 spiro atoms. The minimum absolute atomic E-state index is 0.277. The smallest absolute Gasteiger partial charge is 0.128 e. The summed E-state index contributed by atoms with van der Waals surface area (Å²) in [5, 5.41) is 0.690. The quantitative estimate of drug-likeness (QED) is 0.866. The summed E-state index contributed by atoms with van der Waals surface area (Å²) in [6.07, 6.45) is 0. The van der Waals surface area contributed by atoms with Crippen LogP contribution in [-0.4, -0.2) is 0 Å². The molecule has 0 amide bonds. The van der Waals surface area contributed by atoms with Gasteiger partial charge in [0.2, 0.25) is 0 Å². The van der Waals surface area contributed by atoms with Crippen LogP contribution in [0.25, 0.3) is 0 Å². The normalized spacial score (nSPS) is 12.5. The van der Waals surface area contributed by atoms with Gasteiger partial charge in [-0.25, -0.2) is 4.39 Å². The van der Waals surface area contributed by atoms with Crippen molar-refractivity contribution in [2.45, 2.75) is 19.9 Å². The minimum atomic E-state index is -0.471. The molecule has 3 heteroatoms. The molecule has 0 aliphatic heterocycles. The summed E-state index contributed by atoms with van der Waals surface area (Å²) in [5.74, 6) is -0.277. The van der Waals surface area contributed by atoms with Gasteiger partial charge >= 0.3 is 0 Å². The largest absolute Gasteiger partial charge is 0.320 e. The second-order valence-electron chi connectivity index (χ2n) is 4.51. The van der Waals surface area contributed by atoms with Crippen LogP contribution in [0.3, 0.4) is 0 Å². The number of aryl methyl sites for hydroxylation is 2. The number of rotatable bonds is 2. The molecule has 1 unspecified atom stereocenters. The van der Waals surface area contributed by atoms with Gasteiger partial charge in [0.1, 0.15) is 5.82 Å². The molecule has 2 rings (SSSR count). The number of hydrogen-bond acceptors (Lipinski definition) is 1. The lowest BCUT2D eigenvalue weighted by molar-refractivity contribution is 0.599. The monoisotopic (exact) mass is 263 g/mol. The maximum Gasteiger partial charge on any atom is 0.128 e. The minimum Gasteiger partial charge on any atom is -0.320 e. The second kappa shape index (κ2) is 5.09. The average molecular weight is 264 g/mol. The molecule has 1 atom stereocenters. The predicted molar refractivity (Wildman–Crippen MR) is 73.4 cm³/mol. The molecule has 2 aromatic rings. The third-order valence-electron chi connectivity index (χ3n) is 3.03. The molecule has 0 fully saturated rings. The van der Waals surface area contributed by atoms with Crippen LogP contribution >= 0.6 is 11.6 Å². The van der Waals surface area contributed by atoms with Gasteiger partial charge in [0.25, 0.3) is 0 Å². The lowest BCUT2D eigenvalue weighted by atomic mass is 9.96. The number of hydrogen-bond donors (Lipinski definition) is 1. The van der Waals surface area contributed by atoms with Crippen LogP contribution in [0.15, 0.2) is 36.4 Å². The zero-order valence-electron chi connectivity index (χ0n) is 10.4. The molecule has 94 valence electrons. The Labute approximate surface area is 111 Å². The molecule has 0 saturated carbocycles. The molecule has 0 aliphatic carbocycles. The maximum atomic E-state index is 13.8. The van der Waals surface area contributed by atoms with Crippen molar-refractivity contribution < 1.29 is 4.39 Å². The molecule has 1 nitrogen and oxygen atoms in total. The van der Waals surface area contributed by atoms with E-state index in [1.165, 1.54) is 6.07 Å². The highest BCUT2D eigenvalue weighted by Crippen LogP contribution is 2.26. The SMILES string of the molecule is Cc1ccc(F)c(C(N)c2ccc(Cl)c(C)c2)c1. The van der Waals surface area contributed by atoms with Crippen molar-refractivity contribution in [1.29, 1.82) is 0 Å². The number of benzene rings is 2. The highest BCUT2D eigenvalue weighted by molar-refractivity contribution is 6.31. The summed E-state index contributed by atoms with van der Waals surface area (Å²) < 4.78 is 13.8. The first-order valence-corrected chi connectivity index (χ1v) is 6.14. The van der Waals surface area contributed by atoms with E-state index in [1.54, 1.807) is 18.2 Å². The molecule has 18 heavy (non-hydrogen) atoms. The van der Waals surface area contributed by atoms with Crippen molar-refractivity contribution in [3.63, 3.8) is 0 Å². The topological polar surface area (TPSA) is 26.0 Å². The first-order chi connectivity index (χ1) is 8.49. The molecule has 0 bridgehead atoms. The number of nitrogens with two attached hydrogens (primary N) is 1. The van der Waals surface area contributed by atoms with Gasteiger partial charge in [0, 0.05) is 10.6 Å². The fraction of sp³-hybridized carbons (Fsp3) is 0.200. The summed E-state index contributed by atoms with van der Waals surface area (Å²) in [4.78, 5) is 0. The molecule has 0 aromatic heterocycles. The van der Waals surface area contributed by atoms with Crippen LogP contribution in [0.5, 0.6) is 0 Å². The Morgan fingerprint density at radius 1 is 1.11 bits per heavy atom. The Hall–Kier alpha value is -1.38. The van der Waals surface area contributed by atoms with Crippen molar-refractivity contribution in [2.75, 3.05) is 0 Å². The first kappa shape index (κ1) is 13.1.